The second kappa shape index (κ2) is 7.14. The Balaban J connectivity index is 2.53. The molecule has 0 amide bonds. The molecule has 0 aromatic heterocycles. The Morgan fingerprint density at radius 2 is 1.91 bits per heavy atom. The van der Waals surface area contributed by atoms with Gasteiger partial charge in [0.05, 0.1) is 10.8 Å². The van der Waals surface area contributed by atoms with Crippen molar-refractivity contribution in [3.8, 4) is 17.6 Å². The molecule has 0 fully saturated rings. The zero-order chi connectivity index (χ0) is 17.2. The van der Waals surface area contributed by atoms with Crippen LogP contribution in [0.4, 0.5) is 0 Å². The van der Waals surface area contributed by atoms with Crippen LogP contribution in [0.15, 0.2) is 39.7 Å². The Bertz CT molecular complexity index is 928. The molecule has 0 atom stereocenters. The normalized spacial score (nSPS) is 11.0. The maximum atomic E-state index is 12.6. The van der Waals surface area contributed by atoms with Crippen LogP contribution < -0.4 is 0 Å². The summed E-state index contributed by atoms with van der Waals surface area (Å²) in [5.74, 6) is 4.77. The average Bonchev–Trinajstić information content (AvgIpc) is 2.46. The maximum absolute atomic E-state index is 12.6. The van der Waals surface area contributed by atoms with Crippen molar-refractivity contribution in [2.24, 2.45) is 0 Å². The third kappa shape index (κ3) is 4.21. The maximum Gasteiger partial charge on any atom is 0.186 e. The first-order valence-electron chi connectivity index (χ1n) is 6.36. The summed E-state index contributed by atoms with van der Waals surface area (Å²) in [6.07, 6.45) is 0. The number of benzene rings is 2. The molecule has 0 aliphatic carbocycles. The lowest BCUT2D eigenvalue weighted by Crippen LogP contribution is -2.07. The summed E-state index contributed by atoms with van der Waals surface area (Å²) in [4.78, 5) is -0.234. The van der Waals surface area contributed by atoms with Crippen molar-refractivity contribution < 1.29 is 13.5 Å². The van der Waals surface area contributed by atoms with Crippen molar-refractivity contribution in [1.82, 2.24) is 0 Å². The highest BCUT2D eigenvalue weighted by Crippen LogP contribution is 2.36. The second-order valence-corrected chi connectivity index (χ2v) is 8.39. The molecule has 2 aromatic rings. The minimum atomic E-state index is -3.82. The van der Waals surface area contributed by atoms with Gasteiger partial charge in [-0.3, -0.25) is 0 Å². The van der Waals surface area contributed by atoms with Gasteiger partial charge >= 0.3 is 0 Å². The Hall–Kier alpha value is -1.19. The number of hydrogen-bond acceptors (Lipinski definition) is 3. The molecule has 2 aromatic carbocycles. The van der Waals surface area contributed by atoms with E-state index in [0.717, 1.165) is 0 Å². The number of phenolic OH excluding ortho intramolecular Hbond substituents is 1. The molecule has 0 aliphatic heterocycles. The minimum absolute atomic E-state index is 0.0392. The first kappa shape index (κ1) is 18.2. The van der Waals surface area contributed by atoms with Crippen LogP contribution in [-0.4, -0.2) is 13.5 Å². The Labute approximate surface area is 153 Å². The van der Waals surface area contributed by atoms with Crippen LogP contribution in [0, 0.1) is 11.8 Å². The molecule has 0 saturated carbocycles. The van der Waals surface area contributed by atoms with Gasteiger partial charge in [0.25, 0.3) is 0 Å². The van der Waals surface area contributed by atoms with E-state index in [1.165, 1.54) is 12.1 Å². The molecule has 0 aliphatic rings. The third-order valence-corrected chi connectivity index (χ3v) is 5.66. The topological polar surface area (TPSA) is 54.4 Å². The van der Waals surface area contributed by atoms with Crippen LogP contribution in [0.25, 0.3) is 0 Å². The van der Waals surface area contributed by atoms with Gasteiger partial charge in [-0.2, -0.15) is 0 Å². The molecule has 3 nitrogen and oxygen atoms in total. The fraction of sp³-hybridized carbons (Fsp3) is 0.125. The molecular formula is C16H11BrCl2O3S. The highest BCUT2D eigenvalue weighted by Gasteiger charge is 2.23. The number of phenols is 1. The van der Waals surface area contributed by atoms with E-state index in [0.29, 0.717) is 20.6 Å². The number of aromatic hydroxyl groups is 1. The predicted molar refractivity (Wildman–Crippen MR) is 95.7 cm³/mol. The molecule has 0 saturated heterocycles. The van der Waals surface area contributed by atoms with Crippen molar-refractivity contribution >= 4 is 49.0 Å². The summed E-state index contributed by atoms with van der Waals surface area (Å²) in [7, 11) is -3.82. The van der Waals surface area contributed by atoms with Gasteiger partial charge in [0.2, 0.25) is 0 Å². The van der Waals surface area contributed by atoms with Gasteiger partial charge in [0.1, 0.15) is 4.90 Å². The SMILES string of the molecule is CC#Cc1cc(Cl)ccc1CS(=O)(=O)c1cc(Br)cc(Cl)c1O. The van der Waals surface area contributed by atoms with Crippen molar-refractivity contribution in [1.29, 1.82) is 0 Å². The zero-order valence-electron chi connectivity index (χ0n) is 11.9. The van der Waals surface area contributed by atoms with Crippen LogP contribution in [0.3, 0.4) is 0 Å². The van der Waals surface area contributed by atoms with Crippen LogP contribution in [0.5, 0.6) is 5.75 Å². The Kier molecular flexibility index (Phi) is 5.64. The number of hydrogen-bond donors (Lipinski definition) is 1. The number of rotatable bonds is 3. The number of sulfone groups is 1. The van der Waals surface area contributed by atoms with Gasteiger partial charge in [-0.1, -0.05) is 51.1 Å². The smallest absolute Gasteiger partial charge is 0.186 e. The molecule has 120 valence electrons. The quantitative estimate of drug-likeness (QED) is 0.706. The van der Waals surface area contributed by atoms with Gasteiger partial charge in [-0.15, -0.1) is 5.92 Å². The summed E-state index contributed by atoms with van der Waals surface area (Å²) in [5, 5.41) is 10.4. The fourth-order valence-electron chi connectivity index (χ4n) is 1.99. The summed E-state index contributed by atoms with van der Waals surface area (Å²) in [6, 6.07) is 7.55. The van der Waals surface area contributed by atoms with Crippen molar-refractivity contribution in [3.05, 3.63) is 56.0 Å². The van der Waals surface area contributed by atoms with Crippen molar-refractivity contribution in [3.63, 3.8) is 0 Å². The van der Waals surface area contributed by atoms with Gasteiger partial charge in [0, 0.05) is 15.1 Å². The average molecular weight is 434 g/mol. The molecule has 0 heterocycles. The summed E-state index contributed by atoms with van der Waals surface area (Å²) < 4.78 is 25.8. The minimum Gasteiger partial charge on any atom is -0.505 e. The van der Waals surface area contributed by atoms with Gasteiger partial charge in [-0.25, -0.2) is 8.42 Å². The first-order valence-corrected chi connectivity index (χ1v) is 9.56. The highest BCUT2D eigenvalue weighted by atomic mass is 79.9. The molecule has 0 radical (unpaired) electrons. The molecule has 23 heavy (non-hydrogen) atoms. The van der Waals surface area contributed by atoms with Gasteiger partial charge in [-0.05, 0) is 36.8 Å². The Morgan fingerprint density at radius 3 is 2.57 bits per heavy atom. The lowest BCUT2D eigenvalue weighted by atomic mass is 10.1. The fourth-order valence-corrected chi connectivity index (χ4v) is 4.70. The van der Waals surface area contributed by atoms with E-state index in [1.807, 2.05) is 0 Å². The summed E-state index contributed by atoms with van der Waals surface area (Å²) >= 11 is 14.9. The molecule has 0 spiro atoms. The van der Waals surface area contributed by atoms with Gasteiger partial charge < -0.3 is 5.11 Å². The van der Waals surface area contributed by atoms with Crippen LogP contribution in [0.2, 0.25) is 10.0 Å². The van der Waals surface area contributed by atoms with E-state index >= 15 is 0 Å². The second-order valence-electron chi connectivity index (χ2n) is 4.67. The van der Waals surface area contributed by atoms with Crippen LogP contribution >= 0.6 is 39.1 Å². The number of halogens is 3. The molecule has 0 unspecified atom stereocenters. The summed E-state index contributed by atoms with van der Waals surface area (Å²) in [6.45, 7) is 1.65. The van der Waals surface area contributed by atoms with Crippen LogP contribution in [0.1, 0.15) is 18.1 Å². The van der Waals surface area contributed by atoms with E-state index in [-0.39, 0.29) is 15.7 Å². The summed E-state index contributed by atoms with van der Waals surface area (Å²) in [5.41, 5.74) is 1.03. The van der Waals surface area contributed by atoms with Crippen molar-refractivity contribution in [2.45, 2.75) is 17.6 Å². The molecule has 2 rings (SSSR count). The lowest BCUT2D eigenvalue weighted by molar-refractivity contribution is 0.459. The molecular weight excluding hydrogens is 423 g/mol. The zero-order valence-corrected chi connectivity index (χ0v) is 15.8. The Morgan fingerprint density at radius 1 is 1.22 bits per heavy atom. The van der Waals surface area contributed by atoms with E-state index < -0.39 is 15.6 Å². The molecule has 7 heteroatoms. The third-order valence-electron chi connectivity index (χ3n) is 3.01. The predicted octanol–water partition coefficient (Wildman–Crippen LogP) is 4.81. The molecule has 0 bridgehead atoms. The monoisotopic (exact) mass is 432 g/mol. The lowest BCUT2D eigenvalue weighted by Gasteiger charge is -2.10. The van der Waals surface area contributed by atoms with Crippen molar-refractivity contribution in [2.75, 3.05) is 0 Å². The van der Waals surface area contributed by atoms with Gasteiger partial charge in [0.15, 0.2) is 15.6 Å². The van der Waals surface area contributed by atoms with E-state index in [1.54, 1.807) is 25.1 Å². The first-order chi connectivity index (χ1) is 10.7. The van der Waals surface area contributed by atoms with E-state index in [9.17, 15) is 13.5 Å². The largest absolute Gasteiger partial charge is 0.505 e. The van der Waals surface area contributed by atoms with E-state index in [4.69, 9.17) is 23.2 Å². The highest BCUT2D eigenvalue weighted by molar-refractivity contribution is 9.10. The van der Waals surface area contributed by atoms with E-state index in [2.05, 4.69) is 27.8 Å². The standard InChI is InChI=1S/C16H11BrCl2O3S/c1-2-3-10-6-13(18)5-4-11(10)9-23(21,22)15-8-12(17)7-14(19)16(15)20/h4-8,20H,9H2,1H3. The molecule has 1 N–H and O–H groups in total. The van der Waals surface area contributed by atoms with Crippen LogP contribution in [-0.2, 0) is 15.6 Å².